The number of aromatic amines is 1. The van der Waals surface area contributed by atoms with E-state index in [0.29, 0.717) is 5.39 Å². The summed E-state index contributed by atoms with van der Waals surface area (Å²) in [6.07, 6.45) is 9.30. The highest BCUT2D eigenvalue weighted by Crippen LogP contribution is 2.23. The molecular formula is C27H27N4O+. The number of pyridine rings is 1. The molecule has 5 nitrogen and oxygen atoms in total. The van der Waals surface area contributed by atoms with Crippen molar-refractivity contribution in [2.75, 3.05) is 19.6 Å². The van der Waals surface area contributed by atoms with Gasteiger partial charge in [0.15, 0.2) is 12.4 Å². The number of nitrogens with one attached hydrogen (secondary N) is 1. The second-order valence-corrected chi connectivity index (χ2v) is 8.24. The summed E-state index contributed by atoms with van der Waals surface area (Å²) in [6.45, 7) is 3.03. The number of hydrogen-bond donors (Lipinski definition) is 1. The van der Waals surface area contributed by atoms with Crippen LogP contribution in [-0.4, -0.2) is 34.5 Å². The van der Waals surface area contributed by atoms with Crippen molar-refractivity contribution in [3.8, 4) is 5.69 Å². The first-order valence-electron chi connectivity index (χ1n) is 11.2. The number of aromatic nitrogens is 3. The summed E-state index contributed by atoms with van der Waals surface area (Å²) in [4.78, 5) is 22.2. The van der Waals surface area contributed by atoms with Crippen LogP contribution in [0.5, 0.6) is 0 Å². The summed E-state index contributed by atoms with van der Waals surface area (Å²) in [5.74, 6) is 0.776. The minimum atomic E-state index is -0.0483. The van der Waals surface area contributed by atoms with Crippen molar-refractivity contribution in [3.63, 3.8) is 0 Å². The molecule has 5 heteroatoms. The van der Waals surface area contributed by atoms with Gasteiger partial charge in [-0.1, -0.05) is 24.3 Å². The van der Waals surface area contributed by atoms with Gasteiger partial charge in [0.25, 0.3) is 5.56 Å². The largest absolute Gasteiger partial charge is 0.310 e. The number of hydrogen-bond acceptors (Lipinski definition) is 3. The Bertz CT molecular complexity index is 1290. The van der Waals surface area contributed by atoms with Crippen LogP contribution in [0.1, 0.15) is 24.2 Å². The second-order valence-electron chi connectivity index (χ2n) is 8.24. The molecule has 0 fully saturated rings. The van der Waals surface area contributed by atoms with E-state index in [1.807, 2.05) is 42.5 Å². The smallest absolute Gasteiger partial charge is 0.258 e. The van der Waals surface area contributed by atoms with E-state index in [1.54, 1.807) is 0 Å². The molecule has 0 aliphatic carbocycles. The zero-order valence-electron chi connectivity index (χ0n) is 18.1. The molecule has 2 aromatic heterocycles. The van der Waals surface area contributed by atoms with Gasteiger partial charge in [0.2, 0.25) is 5.69 Å². The summed E-state index contributed by atoms with van der Waals surface area (Å²) in [5, 5.41) is 0.653. The molecule has 160 valence electrons. The molecule has 0 spiro atoms. The van der Waals surface area contributed by atoms with Crippen molar-refractivity contribution in [2.24, 2.45) is 0 Å². The molecule has 0 atom stereocenters. The van der Waals surface area contributed by atoms with Crippen molar-refractivity contribution in [2.45, 2.75) is 19.3 Å². The highest BCUT2D eigenvalue weighted by molar-refractivity contribution is 5.77. The highest BCUT2D eigenvalue weighted by atomic mass is 16.1. The predicted octanol–water partition coefficient (Wildman–Crippen LogP) is 3.92. The van der Waals surface area contributed by atoms with Gasteiger partial charge in [0, 0.05) is 43.8 Å². The average Bonchev–Trinajstić information content (AvgIpc) is 2.85. The molecule has 3 heterocycles. The summed E-state index contributed by atoms with van der Waals surface area (Å²) in [7, 11) is 0. The summed E-state index contributed by atoms with van der Waals surface area (Å²) >= 11 is 0. The van der Waals surface area contributed by atoms with Gasteiger partial charge in [0.1, 0.15) is 5.82 Å². The number of para-hydroxylation sites is 1. The Morgan fingerprint density at radius 3 is 2.56 bits per heavy atom. The molecule has 1 N–H and O–H groups in total. The van der Waals surface area contributed by atoms with Crippen LogP contribution in [0, 0.1) is 0 Å². The fraction of sp³-hybridized carbons (Fsp3) is 0.222. The topological polar surface area (TPSA) is 52.9 Å². The third-order valence-corrected chi connectivity index (χ3v) is 6.09. The lowest BCUT2D eigenvalue weighted by Gasteiger charge is -2.26. The Morgan fingerprint density at radius 2 is 1.78 bits per heavy atom. The molecule has 1 aliphatic heterocycles. The number of fused-ring (bicyclic) bond motifs is 1. The molecular weight excluding hydrogens is 396 g/mol. The standard InChI is InChI=1S/C27H26N4O/c32-27-24-7-2-3-8-25(24)28-26(29-27)9-6-16-30-19-14-22(15-20-30)21-10-12-23(13-11-21)31-17-4-1-5-18-31/h1-5,7-8,10-14,17-18H,6,9,15-16,19-20H2/p+1. The SMILES string of the molecule is O=c1[nH]c(CCCN2CC=C(c3ccc(-[n+]4ccccc4)cc3)CC2)nc2ccccc12. The monoisotopic (exact) mass is 423 g/mol. The summed E-state index contributed by atoms with van der Waals surface area (Å²) < 4.78 is 2.12. The van der Waals surface area contributed by atoms with Crippen molar-refractivity contribution < 1.29 is 4.57 Å². The fourth-order valence-corrected chi connectivity index (χ4v) is 4.32. The number of nitrogens with zero attached hydrogens (tertiary/aromatic N) is 3. The van der Waals surface area contributed by atoms with Crippen LogP contribution in [0.3, 0.4) is 0 Å². The lowest BCUT2D eigenvalue weighted by atomic mass is 9.99. The van der Waals surface area contributed by atoms with Crippen molar-refractivity contribution in [1.29, 1.82) is 0 Å². The van der Waals surface area contributed by atoms with Crippen LogP contribution in [0.15, 0.2) is 90.0 Å². The van der Waals surface area contributed by atoms with Gasteiger partial charge in [-0.15, -0.1) is 0 Å². The average molecular weight is 424 g/mol. The van der Waals surface area contributed by atoms with Crippen LogP contribution in [0.2, 0.25) is 0 Å². The van der Waals surface area contributed by atoms with E-state index in [0.717, 1.165) is 50.2 Å². The maximum Gasteiger partial charge on any atom is 0.258 e. The molecule has 0 bridgehead atoms. The van der Waals surface area contributed by atoms with Crippen molar-refractivity contribution >= 4 is 16.5 Å². The van der Waals surface area contributed by atoms with Gasteiger partial charge in [-0.05, 0) is 54.8 Å². The molecule has 2 aromatic carbocycles. The fourth-order valence-electron chi connectivity index (χ4n) is 4.32. The van der Waals surface area contributed by atoms with Crippen LogP contribution in [-0.2, 0) is 6.42 Å². The Hall–Kier alpha value is -3.57. The third-order valence-electron chi connectivity index (χ3n) is 6.09. The number of benzene rings is 2. The van der Waals surface area contributed by atoms with Crippen molar-refractivity contribution in [1.82, 2.24) is 14.9 Å². The first kappa shape index (κ1) is 20.3. The van der Waals surface area contributed by atoms with Crippen LogP contribution in [0.25, 0.3) is 22.2 Å². The maximum atomic E-state index is 12.2. The molecule has 4 aromatic rings. The Kier molecular flexibility index (Phi) is 5.90. The van der Waals surface area contributed by atoms with Crippen molar-refractivity contribution in [3.05, 3.63) is 107 Å². The molecule has 1 aliphatic rings. The quantitative estimate of drug-likeness (QED) is 0.478. The van der Waals surface area contributed by atoms with E-state index in [1.165, 1.54) is 16.8 Å². The predicted molar refractivity (Wildman–Crippen MR) is 128 cm³/mol. The minimum Gasteiger partial charge on any atom is -0.310 e. The summed E-state index contributed by atoms with van der Waals surface area (Å²) in [5.41, 5.74) is 4.63. The Labute approximate surface area is 187 Å². The van der Waals surface area contributed by atoms with Gasteiger partial charge in [-0.3, -0.25) is 9.69 Å². The van der Waals surface area contributed by atoms with Gasteiger partial charge < -0.3 is 4.98 Å². The van der Waals surface area contributed by atoms with Gasteiger partial charge in [0.05, 0.1) is 10.9 Å². The molecule has 0 unspecified atom stereocenters. The second kappa shape index (κ2) is 9.28. The molecule has 0 saturated heterocycles. The lowest BCUT2D eigenvalue weighted by molar-refractivity contribution is -0.595. The van der Waals surface area contributed by atoms with Crippen LogP contribution < -0.4 is 10.1 Å². The zero-order valence-corrected chi connectivity index (χ0v) is 18.1. The number of H-pyrrole nitrogens is 1. The van der Waals surface area contributed by atoms with Gasteiger partial charge in [-0.25, -0.2) is 4.98 Å². The van der Waals surface area contributed by atoms with E-state index in [4.69, 9.17) is 0 Å². The molecule has 0 radical (unpaired) electrons. The lowest BCUT2D eigenvalue weighted by Crippen LogP contribution is -2.30. The Balaban J connectivity index is 1.16. The maximum absolute atomic E-state index is 12.2. The van der Waals surface area contributed by atoms with E-state index >= 15 is 0 Å². The number of rotatable bonds is 6. The van der Waals surface area contributed by atoms with E-state index in [9.17, 15) is 4.79 Å². The third kappa shape index (κ3) is 4.53. The molecule has 0 saturated carbocycles. The molecule has 5 rings (SSSR count). The number of aryl methyl sites for hydroxylation is 1. The normalized spacial score (nSPS) is 14.4. The first-order valence-corrected chi connectivity index (χ1v) is 11.2. The first-order chi connectivity index (χ1) is 15.8. The van der Waals surface area contributed by atoms with E-state index in [-0.39, 0.29) is 5.56 Å². The molecule has 0 amide bonds. The van der Waals surface area contributed by atoms with E-state index < -0.39 is 0 Å². The van der Waals surface area contributed by atoms with Crippen LogP contribution >= 0.6 is 0 Å². The zero-order chi connectivity index (χ0) is 21.8. The van der Waals surface area contributed by atoms with Gasteiger partial charge in [-0.2, -0.15) is 4.57 Å². The highest BCUT2D eigenvalue weighted by Gasteiger charge is 2.14. The summed E-state index contributed by atoms with van der Waals surface area (Å²) in [6, 6.07) is 22.4. The molecule has 32 heavy (non-hydrogen) atoms. The van der Waals surface area contributed by atoms with Crippen LogP contribution in [0.4, 0.5) is 0 Å². The van der Waals surface area contributed by atoms with E-state index in [2.05, 4.69) is 62.2 Å². The Morgan fingerprint density at radius 1 is 0.969 bits per heavy atom. The van der Waals surface area contributed by atoms with Gasteiger partial charge >= 0.3 is 0 Å². The minimum absolute atomic E-state index is 0.0483.